The van der Waals surface area contributed by atoms with Crippen LogP contribution in [0.15, 0.2) is 22.8 Å². The standard InChI is InChI=1S/C12H14BrN3/c13-9-4-8-5-11(16-12(8)15-7-9)6-10-2-1-3-14-10/h4-5,7,10,14H,1-3,6H2,(H,15,16). The summed E-state index contributed by atoms with van der Waals surface area (Å²) in [6, 6.07) is 4.94. The van der Waals surface area contributed by atoms with E-state index < -0.39 is 0 Å². The molecule has 3 heterocycles. The maximum Gasteiger partial charge on any atom is 0.137 e. The Morgan fingerprint density at radius 2 is 2.38 bits per heavy atom. The fourth-order valence-corrected chi connectivity index (χ4v) is 2.70. The maximum atomic E-state index is 4.35. The number of hydrogen-bond acceptors (Lipinski definition) is 2. The van der Waals surface area contributed by atoms with Gasteiger partial charge in [0, 0.05) is 34.2 Å². The van der Waals surface area contributed by atoms with Crippen LogP contribution >= 0.6 is 15.9 Å². The number of nitrogens with zero attached hydrogens (tertiary/aromatic N) is 1. The predicted octanol–water partition coefficient (Wildman–Crippen LogP) is 2.62. The summed E-state index contributed by atoms with van der Waals surface area (Å²) in [5.41, 5.74) is 2.26. The Labute approximate surface area is 103 Å². The van der Waals surface area contributed by atoms with Crippen LogP contribution in [0, 0.1) is 0 Å². The molecule has 84 valence electrons. The Morgan fingerprint density at radius 1 is 1.44 bits per heavy atom. The van der Waals surface area contributed by atoms with E-state index in [0.29, 0.717) is 6.04 Å². The van der Waals surface area contributed by atoms with E-state index in [-0.39, 0.29) is 0 Å². The highest BCUT2D eigenvalue weighted by molar-refractivity contribution is 9.10. The van der Waals surface area contributed by atoms with E-state index in [2.05, 4.69) is 43.3 Å². The van der Waals surface area contributed by atoms with E-state index in [1.54, 1.807) is 0 Å². The lowest BCUT2D eigenvalue weighted by atomic mass is 10.1. The van der Waals surface area contributed by atoms with Crippen LogP contribution < -0.4 is 5.32 Å². The van der Waals surface area contributed by atoms with Gasteiger partial charge in [-0.3, -0.25) is 0 Å². The van der Waals surface area contributed by atoms with Gasteiger partial charge >= 0.3 is 0 Å². The number of pyridine rings is 1. The Hall–Kier alpha value is -0.870. The van der Waals surface area contributed by atoms with Crippen LogP contribution in [0.2, 0.25) is 0 Å². The zero-order valence-electron chi connectivity index (χ0n) is 8.96. The van der Waals surface area contributed by atoms with E-state index >= 15 is 0 Å². The van der Waals surface area contributed by atoms with Gasteiger partial charge in [-0.25, -0.2) is 4.98 Å². The topological polar surface area (TPSA) is 40.7 Å². The predicted molar refractivity (Wildman–Crippen MR) is 68.5 cm³/mol. The number of nitrogens with one attached hydrogen (secondary N) is 2. The highest BCUT2D eigenvalue weighted by Gasteiger charge is 2.15. The summed E-state index contributed by atoms with van der Waals surface area (Å²) in [5.74, 6) is 0. The summed E-state index contributed by atoms with van der Waals surface area (Å²) in [6.45, 7) is 1.16. The zero-order valence-corrected chi connectivity index (χ0v) is 10.5. The second-order valence-corrected chi connectivity index (χ2v) is 5.30. The Balaban J connectivity index is 1.86. The van der Waals surface area contributed by atoms with E-state index in [9.17, 15) is 0 Å². The summed E-state index contributed by atoms with van der Waals surface area (Å²) < 4.78 is 1.03. The monoisotopic (exact) mass is 279 g/mol. The van der Waals surface area contributed by atoms with Crippen molar-refractivity contribution in [1.82, 2.24) is 15.3 Å². The van der Waals surface area contributed by atoms with Crippen molar-refractivity contribution < 1.29 is 0 Å². The van der Waals surface area contributed by atoms with E-state index in [0.717, 1.165) is 23.1 Å². The molecule has 1 fully saturated rings. The molecule has 0 amide bonds. The van der Waals surface area contributed by atoms with Gasteiger partial charge in [-0.15, -0.1) is 0 Å². The van der Waals surface area contributed by atoms with Crippen LogP contribution in [0.25, 0.3) is 11.0 Å². The first-order chi connectivity index (χ1) is 7.81. The zero-order chi connectivity index (χ0) is 11.0. The maximum absolute atomic E-state index is 4.35. The second-order valence-electron chi connectivity index (χ2n) is 4.38. The minimum absolute atomic E-state index is 0.636. The van der Waals surface area contributed by atoms with Gasteiger partial charge in [-0.2, -0.15) is 0 Å². The number of rotatable bonds is 2. The molecule has 3 rings (SSSR count). The fourth-order valence-electron chi connectivity index (χ4n) is 2.35. The molecule has 16 heavy (non-hydrogen) atoms. The highest BCUT2D eigenvalue weighted by atomic mass is 79.9. The minimum Gasteiger partial charge on any atom is -0.343 e. The molecule has 0 aromatic carbocycles. The van der Waals surface area contributed by atoms with Crippen molar-refractivity contribution in [2.75, 3.05) is 6.54 Å². The third-order valence-corrected chi connectivity index (χ3v) is 3.55. The lowest BCUT2D eigenvalue weighted by Gasteiger charge is -2.07. The quantitative estimate of drug-likeness (QED) is 0.887. The molecule has 2 aromatic rings. The molecule has 0 aliphatic carbocycles. The SMILES string of the molecule is Brc1cnc2[nH]c(CC3CCCN3)cc2c1. The fraction of sp³-hybridized carbons (Fsp3) is 0.417. The van der Waals surface area contributed by atoms with Gasteiger partial charge in [-0.1, -0.05) is 0 Å². The van der Waals surface area contributed by atoms with Gasteiger partial charge in [0.1, 0.15) is 5.65 Å². The largest absolute Gasteiger partial charge is 0.343 e. The number of hydrogen-bond donors (Lipinski definition) is 2. The molecule has 1 unspecified atom stereocenters. The smallest absolute Gasteiger partial charge is 0.137 e. The number of fused-ring (bicyclic) bond motifs is 1. The molecular formula is C12H14BrN3. The van der Waals surface area contributed by atoms with Gasteiger partial charge in [0.25, 0.3) is 0 Å². The molecule has 2 aromatic heterocycles. The molecule has 0 radical (unpaired) electrons. The van der Waals surface area contributed by atoms with Crippen LogP contribution in [0.3, 0.4) is 0 Å². The molecule has 3 nitrogen and oxygen atoms in total. The summed E-state index contributed by atoms with van der Waals surface area (Å²) in [4.78, 5) is 7.73. The highest BCUT2D eigenvalue weighted by Crippen LogP contribution is 2.20. The van der Waals surface area contributed by atoms with Gasteiger partial charge in [-0.05, 0) is 47.4 Å². The normalized spacial score (nSPS) is 20.7. The summed E-state index contributed by atoms with van der Waals surface area (Å²) >= 11 is 3.44. The molecule has 4 heteroatoms. The van der Waals surface area contributed by atoms with Crippen molar-refractivity contribution in [2.24, 2.45) is 0 Å². The van der Waals surface area contributed by atoms with Crippen LogP contribution in [-0.4, -0.2) is 22.6 Å². The molecular weight excluding hydrogens is 266 g/mol. The summed E-state index contributed by atoms with van der Waals surface area (Å²) in [6.07, 6.45) is 5.49. The Morgan fingerprint density at radius 3 is 3.19 bits per heavy atom. The van der Waals surface area contributed by atoms with Crippen molar-refractivity contribution in [1.29, 1.82) is 0 Å². The first kappa shape index (κ1) is 10.3. The minimum atomic E-state index is 0.636. The molecule has 0 saturated carbocycles. The van der Waals surface area contributed by atoms with Crippen molar-refractivity contribution in [3.05, 3.63) is 28.5 Å². The Bertz CT molecular complexity index is 500. The molecule has 1 atom stereocenters. The molecule has 0 spiro atoms. The van der Waals surface area contributed by atoms with Crippen molar-refractivity contribution in [3.8, 4) is 0 Å². The van der Waals surface area contributed by atoms with E-state index in [4.69, 9.17) is 0 Å². The second kappa shape index (κ2) is 4.18. The van der Waals surface area contributed by atoms with Crippen molar-refractivity contribution in [2.45, 2.75) is 25.3 Å². The summed E-state index contributed by atoms with van der Waals surface area (Å²) in [7, 11) is 0. The number of aromatic amines is 1. The lowest BCUT2D eigenvalue weighted by molar-refractivity contribution is 0.597. The molecule has 1 saturated heterocycles. The van der Waals surface area contributed by atoms with Crippen LogP contribution in [-0.2, 0) is 6.42 Å². The van der Waals surface area contributed by atoms with Gasteiger partial charge < -0.3 is 10.3 Å². The first-order valence-corrected chi connectivity index (χ1v) is 6.47. The molecule has 1 aliphatic heterocycles. The van der Waals surface area contributed by atoms with E-state index in [1.165, 1.54) is 23.9 Å². The van der Waals surface area contributed by atoms with Crippen LogP contribution in [0.5, 0.6) is 0 Å². The summed E-state index contributed by atoms with van der Waals surface area (Å²) in [5, 5.41) is 4.69. The first-order valence-electron chi connectivity index (χ1n) is 5.68. The molecule has 2 N–H and O–H groups in total. The van der Waals surface area contributed by atoms with E-state index in [1.807, 2.05) is 6.20 Å². The van der Waals surface area contributed by atoms with Crippen molar-refractivity contribution in [3.63, 3.8) is 0 Å². The third-order valence-electron chi connectivity index (χ3n) is 3.12. The number of halogens is 1. The van der Waals surface area contributed by atoms with Crippen LogP contribution in [0.4, 0.5) is 0 Å². The lowest BCUT2D eigenvalue weighted by Crippen LogP contribution is -2.23. The third kappa shape index (κ3) is 1.99. The molecule has 1 aliphatic rings. The number of H-pyrrole nitrogens is 1. The van der Waals surface area contributed by atoms with Gasteiger partial charge in [0.15, 0.2) is 0 Å². The van der Waals surface area contributed by atoms with Crippen LogP contribution in [0.1, 0.15) is 18.5 Å². The molecule has 0 bridgehead atoms. The van der Waals surface area contributed by atoms with Gasteiger partial charge in [0.2, 0.25) is 0 Å². The Kier molecular flexibility index (Phi) is 2.69. The number of aromatic nitrogens is 2. The average molecular weight is 280 g/mol. The average Bonchev–Trinajstić information content (AvgIpc) is 2.86. The van der Waals surface area contributed by atoms with Crippen molar-refractivity contribution >= 4 is 27.0 Å². The van der Waals surface area contributed by atoms with Gasteiger partial charge in [0.05, 0.1) is 0 Å².